The summed E-state index contributed by atoms with van der Waals surface area (Å²) in [5, 5.41) is 9.03. The molecule has 19 heavy (non-hydrogen) atoms. The van der Waals surface area contributed by atoms with Gasteiger partial charge in [-0.05, 0) is 18.6 Å². The fourth-order valence-electron chi connectivity index (χ4n) is 1.74. The highest BCUT2D eigenvalue weighted by atomic mass is 19.1. The Morgan fingerprint density at radius 3 is 2.95 bits per heavy atom. The summed E-state index contributed by atoms with van der Waals surface area (Å²) in [5.41, 5.74) is 1.22. The number of nitriles is 1. The molecule has 0 radical (unpaired) electrons. The van der Waals surface area contributed by atoms with Crippen molar-refractivity contribution in [2.75, 3.05) is 6.61 Å². The minimum Gasteiger partial charge on any atom is -0.492 e. The fourth-order valence-corrected chi connectivity index (χ4v) is 1.74. The molecular weight excluding hydrogens is 243 g/mol. The summed E-state index contributed by atoms with van der Waals surface area (Å²) in [4.78, 5) is 4.06. The fraction of sp³-hybridized carbons (Fsp3) is 0.200. The van der Waals surface area contributed by atoms with Crippen LogP contribution in [0.25, 0.3) is 11.1 Å². The van der Waals surface area contributed by atoms with Gasteiger partial charge in [-0.15, -0.1) is 0 Å². The normalized spacial score (nSPS) is 9.95. The molecule has 1 aromatic carbocycles. The van der Waals surface area contributed by atoms with Gasteiger partial charge >= 0.3 is 0 Å². The van der Waals surface area contributed by atoms with E-state index in [1.165, 1.54) is 6.07 Å². The Labute approximate surface area is 111 Å². The minimum absolute atomic E-state index is 0.0249. The van der Waals surface area contributed by atoms with Crippen LogP contribution in [0.3, 0.4) is 0 Å². The van der Waals surface area contributed by atoms with E-state index in [1.807, 2.05) is 13.0 Å². The molecule has 0 saturated heterocycles. The average molecular weight is 256 g/mol. The lowest BCUT2D eigenvalue weighted by molar-refractivity contribution is 0.316. The van der Waals surface area contributed by atoms with Gasteiger partial charge < -0.3 is 4.74 Å². The summed E-state index contributed by atoms with van der Waals surface area (Å²) in [7, 11) is 0. The number of nitrogens with zero attached hydrogens (tertiary/aromatic N) is 2. The molecule has 0 saturated carbocycles. The molecular formula is C15H13FN2O. The molecule has 0 amide bonds. The number of halogens is 1. The molecule has 0 unspecified atom stereocenters. The van der Waals surface area contributed by atoms with Crippen molar-refractivity contribution in [3.8, 4) is 22.9 Å². The summed E-state index contributed by atoms with van der Waals surface area (Å²) in [6, 6.07) is 8.19. The van der Waals surface area contributed by atoms with E-state index in [0.29, 0.717) is 23.5 Å². The van der Waals surface area contributed by atoms with Gasteiger partial charge in [-0.2, -0.15) is 5.26 Å². The van der Waals surface area contributed by atoms with Crippen molar-refractivity contribution >= 4 is 0 Å². The third kappa shape index (κ3) is 2.89. The highest BCUT2D eigenvalue weighted by molar-refractivity contribution is 5.70. The molecule has 96 valence electrons. The summed E-state index contributed by atoms with van der Waals surface area (Å²) in [6.07, 6.45) is 4.09. The molecule has 0 aliphatic heterocycles. The van der Waals surface area contributed by atoms with Gasteiger partial charge in [-0.1, -0.05) is 19.1 Å². The zero-order valence-electron chi connectivity index (χ0n) is 10.6. The molecule has 1 heterocycles. The molecule has 0 N–H and O–H groups in total. The Morgan fingerprint density at radius 2 is 2.21 bits per heavy atom. The van der Waals surface area contributed by atoms with Crippen LogP contribution in [-0.2, 0) is 0 Å². The highest BCUT2D eigenvalue weighted by Gasteiger charge is 2.10. The number of aromatic nitrogens is 1. The number of benzene rings is 1. The zero-order valence-corrected chi connectivity index (χ0v) is 10.6. The van der Waals surface area contributed by atoms with Gasteiger partial charge in [-0.25, -0.2) is 4.39 Å². The summed E-state index contributed by atoms with van der Waals surface area (Å²) < 4.78 is 19.0. The Morgan fingerprint density at radius 1 is 1.37 bits per heavy atom. The maximum Gasteiger partial charge on any atom is 0.141 e. The van der Waals surface area contributed by atoms with E-state index >= 15 is 0 Å². The molecule has 2 aromatic rings. The van der Waals surface area contributed by atoms with Gasteiger partial charge in [0.05, 0.1) is 18.4 Å². The highest BCUT2D eigenvalue weighted by Crippen LogP contribution is 2.27. The molecule has 2 rings (SSSR count). The Bertz CT molecular complexity index is 620. The van der Waals surface area contributed by atoms with E-state index in [-0.39, 0.29) is 5.56 Å². The third-order valence-corrected chi connectivity index (χ3v) is 2.62. The second-order valence-electron chi connectivity index (χ2n) is 4.03. The Kier molecular flexibility index (Phi) is 4.09. The maximum atomic E-state index is 13.6. The summed E-state index contributed by atoms with van der Waals surface area (Å²) in [6.45, 7) is 2.61. The van der Waals surface area contributed by atoms with Gasteiger partial charge in [0, 0.05) is 17.3 Å². The van der Waals surface area contributed by atoms with Crippen molar-refractivity contribution in [1.82, 2.24) is 4.98 Å². The molecule has 0 fully saturated rings. The van der Waals surface area contributed by atoms with Gasteiger partial charge in [0.15, 0.2) is 0 Å². The largest absolute Gasteiger partial charge is 0.492 e. The number of hydrogen-bond acceptors (Lipinski definition) is 3. The molecule has 4 heteroatoms. The van der Waals surface area contributed by atoms with Crippen molar-refractivity contribution in [1.29, 1.82) is 5.26 Å². The summed E-state index contributed by atoms with van der Waals surface area (Å²) >= 11 is 0. The molecule has 3 nitrogen and oxygen atoms in total. The topological polar surface area (TPSA) is 45.9 Å². The quantitative estimate of drug-likeness (QED) is 0.840. The lowest BCUT2D eigenvalue weighted by Crippen LogP contribution is -1.96. The number of ether oxygens (including phenoxy) is 1. The first-order valence-electron chi connectivity index (χ1n) is 6.03. The van der Waals surface area contributed by atoms with Crippen molar-refractivity contribution < 1.29 is 9.13 Å². The van der Waals surface area contributed by atoms with Crippen molar-refractivity contribution in [2.24, 2.45) is 0 Å². The Hall–Kier alpha value is -2.41. The van der Waals surface area contributed by atoms with Gasteiger partial charge in [0.2, 0.25) is 0 Å². The van der Waals surface area contributed by atoms with Crippen LogP contribution >= 0.6 is 0 Å². The molecule has 0 spiro atoms. The molecule has 0 aliphatic rings. The van der Waals surface area contributed by atoms with Crippen LogP contribution in [0.4, 0.5) is 4.39 Å². The first-order chi connectivity index (χ1) is 9.26. The van der Waals surface area contributed by atoms with Gasteiger partial charge in [-0.3, -0.25) is 4.98 Å². The van der Waals surface area contributed by atoms with Crippen LogP contribution in [0.15, 0.2) is 36.7 Å². The van der Waals surface area contributed by atoms with E-state index in [4.69, 9.17) is 10.00 Å². The lowest BCUT2D eigenvalue weighted by Gasteiger charge is -2.08. The van der Waals surface area contributed by atoms with E-state index in [9.17, 15) is 4.39 Å². The third-order valence-electron chi connectivity index (χ3n) is 2.62. The monoisotopic (exact) mass is 256 g/mol. The van der Waals surface area contributed by atoms with E-state index in [2.05, 4.69) is 4.98 Å². The van der Waals surface area contributed by atoms with Crippen molar-refractivity contribution in [3.05, 3.63) is 48.0 Å². The summed E-state index contributed by atoms with van der Waals surface area (Å²) in [5.74, 6) is 0.0902. The predicted octanol–water partition coefficient (Wildman–Crippen LogP) is 3.55. The minimum atomic E-state index is -0.528. The standard InChI is InChI=1S/C15H13FN2O/c1-2-6-19-12-7-11(9-18-10-12)13-4-3-5-15(16)14(13)8-17/h3-5,7,9-10H,2,6H2,1H3. The number of pyridine rings is 1. The Balaban J connectivity index is 2.42. The average Bonchev–Trinajstić information content (AvgIpc) is 2.45. The van der Waals surface area contributed by atoms with Crippen LogP contribution in [0.5, 0.6) is 5.75 Å². The predicted molar refractivity (Wildman–Crippen MR) is 70.1 cm³/mol. The molecule has 0 atom stereocenters. The van der Waals surface area contributed by atoms with Crippen LogP contribution < -0.4 is 4.74 Å². The van der Waals surface area contributed by atoms with Crippen LogP contribution in [0, 0.1) is 17.1 Å². The van der Waals surface area contributed by atoms with E-state index < -0.39 is 5.82 Å². The molecule has 1 aromatic heterocycles. The SMILES string of the molecule is CCCOc1cncc(-c2cccc(F)c2C#N)c1. The van der Waals surface area contributed by atoms with Gasteiger partial charge in [0.25, 0.3) is 0 Å². The second kappa shape index (κ2) is 5.96. The van der Waals surface area contributed by atoms with E-state index in [1.54, 1.807) is 30.6 Å². The number of rotatable bonds is 4. The smallest absolute Gasteiger partial charge is 0.141 e. The van der Waals surface area contributed by atoms with Crippen LogP contribution in [-0.4, -0.2) is 11.6 Å². The second-order valence-corrected chi connectivity index (χ2v) is 4.03. The van der Waals surface area contributed by atoms with Crippen LogP contribution in [0.2, 0.25) is 0 Å². The maximum absolute atomic E-state index is 13.6. The first-order valence-corrected chi connectivity index (χ1v) is 6.03. The number of hydrogen-bond donors (Lipinski definition) is 0. The van der Waals surface area contributed by atoms with Crippen LogP contribution in [0.1, 0.15) is 18.9 Å². The first kappa shape index (κ1) is 13.0. The van der Waals surface area contributed by atoms with Gasteiger partial charge in [0.1, 0.15) is 17.6 Å². The van der Waals surface area contributed by atoms with Crippen molar-refractivity contribution in [2.45, 2.75) is 13.3 Å². The van der Waals surface area contributed by atoms with E-state index in [0.717, 1.165) is 6.42 Å². The lowest BCUT2D eigenvalue weighted by atomic mass is 10.0. The molecule has 0 bridgehead atoms. The molecule has 0 aliphatic carbocycles. The zero-order chi connectivity index (χ0) is 13.7. The van der Waals surface area contributed by atoms with Crippen molar-refractivity contribution in [3.63, 3.8) is 0 Å².